The van der Waals surface area contributed by atoms with Gasteiger partial charge in [-0.05, 0) is 26.8 Å². The Bertz CT molecular complexity index is 481. The molecule has 0 aromatic carbocycles. The number of alkyl halides is 3. The van der Waals surface area contributed by atoms with Crippen molar-refractivity contribution in [1.82, 2.24) is 4.98 Å². The molecule has 106 valence electrons. The largest absolute Gasteiger partial charge is 0.456 e. The van der Waals surface area contributed by atoms with Gasteiger partial charge in [-0.15, -0.1) is 0 Å². The molecule has 0 fully saturated rings. The summed E-state index contributed by atoms with van der Waals surface area (Å²) in [5.74, 6) is 3.71. The fourth-order valence-corrected chi connectivity index (χ4v) is 1.26. The maximum absolute atomic E-state index is 12.9. The van der Waals surface area contributed by atoms with E-state index in [-0.39, 0.29) is 5.82 Å². The third-order valence-corrected chi connectivity index (χ3v) is 1.98. The number of nitrogens with one attached hydrogen (secondary N) is 1. The van der Waals surface area contributed by atoms with Crippen molar-refractivity contribution in [3.63, 3.8) is 0 Å². The Morgan fingerprint density at radius 1 is 1.37 bits per heavy atom. The van der Waals surface area contributed by atoms with Crippen LogP contribution in [0, 0.1) is 0 Å². The zero-order valence-corrected chi connectivity index (χ0v) is 10.6. The van der Waals surface area contributed by atoms with E-state index in [1.807, 2.05) is 5.43 Å². The maximum Gasteiger partial charge on any atom is 0.417 e. The molecule has 0 aliphatic heterocycles. The average Bonchev–Trinajstić information content (AvgIpc) is 2.24. The van der Waals surface area contributed by atoms with E-state index in [9.17, 15) is 18.0 Å². The van der Waals surface area contributed by atoms with Crippen LogP contribution in [-0.2, 0) is 10.9 Å². The summed E-state index contributed by atoms with van der Waals surface area (Å²) >= 11 is 0. The third-order valence-electron chi connectivity index (χ3n) is 1.98. The standard InChI is InChI=1S/C11H14F3N3O2/c1-10(2,3)19-9(18)6-5-16-8(17-15)4-7(6)11(12,13)14/h4-5H,15H2,1-3H3,(H,16,17). The van der Waals surface area contributed by atoms with Gasteiger partial charge in [-0.25, -0.2) is 15.6 Å². The highest BCUT2D eigenvalue weighted by Crippen LogP contribution is 2.33. The average molecular weight is 277 g/mol. The molecule has 0 saturated heterocycles. The van der Waals surface area contributed by atoms with Gasteiger partial charge < -0.3 is 10.2 Å². The maximum atomic E-state index is 12.9. The quantitative estimate of drug-likeness (QED) is 0.493. The highest BCUT2D eigenvalue weighted by atomic mass is 19.4. The predicted molar refractivity (Wildman–Crippen MR) is 62.2 cm³/mol. The van der Waals surface area contributed by atoms with Crippen LogP contribution in [0.1, 0.15) is 36.7 Å². The number of halogens is 3. The lowest BCUT2D eigenvalue weighted by atomic mass is 10.1. The number of aromatic nitrogens is 1. The minimum absolute atomic E-state index is 0.195. The number of hydrogen-bond acceptors (Lipinski definition) is 5. The molecular formula is C11H14F3N3O2. The molecule has 0 unspecified atom stereocenters. The molecule has 0 aliphatic rings. The molecule has 1 aromatic rings. The van der Waals surface area contributed by atoms with Crippen molar-refractivity contribution in [1.29, 1.82) is 0 Å². The molecule has 8 heteroatoms. The number of nitrogen functional groups attached to an aromatic ring is 1. The highest BCUT2D eigenvalue weighted by molar-refractivity contribution is 5.91. The summed E-state index contributed by atoms with van der Waals surface area (Å²) in [5.41, 5.74) is -0.707. The van der Waals surface area contributed by atoms with Crippen LogP contribution in [0.15, 0.2) is 12.3 Å². The van der Waals surface area contributed by atoms with Crippen molar-refractivity contribution < 1.29 is 22.7 Å². The topological polar surface area (TPSA) is 77.2 Å². The Labute approximate surface area is 107 Å². The van der Waals surface area contributed by atoms with Gasteiger partial charge in [0.15, 0.2) is 0 Å². The summed E-state index contributed by atoms with van der Waals surface area (Å²) in [6.45, 7) is 4.67. The number of anilines is 1. The molecule has 0 spiro atoms. The van der Waals surface area contributed by atoms with Gasteiger partial charge in [0.2, 0.25) is 0 Å². The van der Waals surface area contributed by atoms with Crippen LogP contribution in [0.5, 0.6) is 0 Å². The molecule has 1 rings (SSSR count). The normalized spacial score (nSPS) is 12.2. The number of esters is 1. The summed E-state index contributed by atoms with van der Waals surface area (Å²) in [6, 6.07) is 0.652. The van der Waals surface area contributed by atoms with Gasteiger partial charge in [-0.2, -0.15) is 13.2 Å². The van der Waals surface area contributed by atoms with E-state index in [0.717, 1.165) is 6.20 Å². The lowest BCUT2D eigenvalue weighted by molar-refractivity contribution is -0.138. The summed E-state index contributed by atoms with van der Waals surface area (Å²) in [4.78, 5) is 15.3. The second-order valence-corrected chi connectivity index (χ2v) is 4.76. The van der Waals surface area contributed by atoms with Crippen LogP contribution in [0.4, 0.5) is 19.0 Å². The van der Waals surface area contributed by atoms with Gasteiger partial charge >= 0.3 is 12.1 Å². The highest BCUT2D eigenvalue weighted by Gasteiger charge is 2.37. The Morgan fingerprint density at radius 3 is 2.37 bits per heavy atom. The number of nitrogens with zero attached hydrogens (tertiary/aromatic N) is 1. The molecule has 1 aromatic heterocycles. The Balaban J connectivity index is 3.24. The number of nitrogens with two attached hydrogens (primary N) is 1. The van der Waals surface area contributed by atoms with Crippen LogP contribution < -0.4 is 11.3 Å². The monoisotopic (exact) mass is 277 g/mol. The molecule has 19 heavy (non-hydrogen) atoms. The smallest absolute Gasteiger partial charge is 0.417 e. The first-order valence-corrected chi connectivity index (χ1v) is 5.32. The number of hydrazine groups is 1. The zero-order chi connectivity index (χ0) is 14.8. The fourth-order valence-electron chi connectivity index (χ4n) is 1.26. The van der Waals surface area contributed by atoms with Crippen molar-refractivity contribution in [3.8, 4) is 0 Å². The van der Waals surface area contributed by atoms with Gasteiger partial charge in [0.25, 0.3) is 0 Å². The molecule has 0 radical (unpaired) electrons. The lowest BCUT2D eigenvalue weighted by Gasteiger charge is -2.21. The van der Waals surface area contributed by atoms with Crippen molar-refractivity contribution in [3.05, 3.63) is 23.4 Å². The van der Waals surface area contributed by atoms with E-state index in [1.165, 1.54) is 0 Å². The first-order valence-electron chi connectivity index (χ1n) is 5.32. The molecule has 0 amide bonds. The van der Waals surface area contributed by atoms with E-state index < -0.39 is 28.9 Å². The summed E-state index contributed by atoms with van der Waals surface area (Å²) in [6.07, 6.45) is -3.92. The summed E-state index contributed by atoms with van der Waals surface area (Å²) < 4.78 is 43.5. The van der Waals surface area contributed by atoms with Crippen LogP contribution >= 0.6 is 0 Å². The first kappa shape index (κ1) is 15.2. The third kappa shape index (κ3) is 4.09. The molecule has 5 nitrogen and oxygen atoms in total. The van der Waals surface area contributed by atoms with Gasteiger partial charge in [0.05, 0.1) is 11.1 Å². The van der Waals surface area contributed by atoms with Crippen molar-refractivity contribution in [2.75, 3.05) is 5.43 Å². The van der Waals surface area contributed by atoms with Crippen molar-refractivity contribution in [2.24, 2.45) is 5.84 Å². The van der Waals surface area contributed by atoms with E-state index >= 15 is 0 Å². The lowest BCUT2D eigenvalue weighted by Crippen LogP contribution is -2.26. The van der Waals surface area contributed by atoms with Crippen molar-refractivity contribution >= 4 is 11.8 Å². The second kappa shape index (κ2) is 5.04. The zero-order valence-electron chi connectivity index (χ0n) is 10.6. The predicted octanol–water partition coefficient (Wildman–Crippen LogP) is 2.34. The Hall–Kier alpha value is -1.83. The molecule has 0 atom stereocenters. The molecule has 1 heterocycles. The minimum Gasteiger partial charge on any atom is -0.456 e. The molecule has 3 N–H and O–H groups in total. The number of pyridine rings is 1. The Morgan fingerprint density at radius 2 is 1.95 bits per heavy atom. The van der Waals surface area contributed by atoms with E-state index in [4.69, 9.17) is 10.6 Å². The van der Waals surface area contributed by atoms with Crippen LogP contribution in [0.25, 0.3) is 0 Å². The van der Waals surface area contributed by atoms with Crippen LogP contribution in [0.2, 0.25) is 0 Å². The van der Waals surface area contributed by atoms with Crippen molar-refractivity contribution in [2.45, 2.75) is 32.5 Å². The number of ether oxygens (including phenoxy) is 1. The van der Waals surface area contributed by atoms with E-state index in [1.54, 1.807) is 20.8 Å². The van der Waals surface area contributed by atoms with Crippen LogP contribution in [-0.4, -0.2) is 16.6 Å². The number of rotatable bonds is 2. The SMILES string of the molecule is CC(C)(C)OC(=O)c1cnc(NN)cc1C(F)(F)F. The number of carbonyl (C=O) groups excluding carboxylic acids is 1. The van der Waals surface area contributed by atoms with Crippen LogP contribution in [0.3, 0.4) is 0 Å². The first-order chi connectivity index (χ1) is 8.54. The summed E-state index contributed by atoms with van der Waals surface area (Å²) in [7, 11) is 0. The van der Waals surface area contributed by atoms with Gasteiger partial charge in [0.1, 0.15) is 11.4 Å². The second-order valence-electron chi connectivity index (χ2n) is 4.76. The fraction of sp³-hybridized carbons (Fsp3) is 0.455. The Kier molecular flexibility index (Phi) is 4.04. The van der Waals surface area contributed by atoms with Gasteiger partial charge in [0, 0.05) is 6.20 Å². The van der Waals surface area contributed by atoms with E-state index in [0.29, 0.717) is 6.07 Å². The van der Waals surface area contributed by atoms with E-state index in [2.05, 4.69) is 4.98 Å². The molecule has 0 aliphatic carbocycles. The number of hydrogen-bond donors (Lipinski definition) is 2. The molecule has 0 bridgehead atoms. The minimum atomic E-state index is -4.71. The summed E-state index contributed by atoms with van der Waals surface area (Å²) in [5, 5.41) is 0. The molecular weight excluding hydrogens is 263 g/mol. The number of carbonyl (C=O) groups is 1. The van der Waals surface area contributed by atoms with Gasteiger partial charge in [-0.1, -0.05) is 0 Å². The molecule has 0 saturated carbocycles. The van der Waals surface area contributed by atoms with Gasteiger partial charge in [-0.3, -0.25) is 0 Å².